The van der Waals surface area contributed by atoms with Crippen LogP contribution in [0.15, 0.2) is 29.4 Å². The Morgan fingerprint density at radius 3 is 2.84 bits per heavy atom. The molecule has 0 fully saturated rings. The van der Waals surface area contributed by atoms with Crippen LogP contribution in [0.3, 0.4) is 0 Å². The molecule has 0 aliphatic rings. The zero-order valence-electron chi connectivity index (χ0n) is 14.0. The van der Waals surface area contributed by atoms with E-state index in [0.29, 0.717) is 0 Å². The third kappa shape index (κ3) is 2.79. The average Bonchev–Trinajstić information content (AvgIpc) is 3.22. The number of para-hydroxylation sites is 1. The number of carbonyl (C=O) groups excluding carboxylic acids is 1. The number of rotatable bonds is 4. The molecule has 0 saturated heterocycles. The van der Waals surface area contributed by atoms with Gasteiger partial charge in [0.05, 0.1) is 33.0 Å². The Kier molecular flexibility index (Phi) is 3.97. The Morgan fingerprint density at radius 1 is 1.28 bits per heavy atom. The molecule has 128 valence electrons. The number of thioether (sulfide) groups is 1. The zero-order chi connectivity index (χ0) is 17.6. The lowest BCUT2D eigenvalue weighted by atomic mass is 10.3. The number of benzene rings is 1. The van der Waals surface area contributed by atoms with E-state index >= 15 is 0 Å². The maximum Gasteiger partial charge on any atom is 0.234 e. The Balaban J connectivity index is 1.53. The smallest absolute Gasteiger partial charge is 0.234 e. The van der Waals surface area contributed by atoms with Crippen molar-refractivity contribution in [3.05, 3.63) is 35.7 Å². The third-order valence-corrected chi connectivity index (χ3v) is 5.96. The zero-order valence-corrected chi connectivity index (χ0v) is 15.6. The lowest BCUT2D eigenvalue weighted by Gasteiger charge is -2.05. The molecule has 3 aromatic heterocycles. The van der Waals surface area contributed by atoms with Crippen LogP contribution in [0.25, 0.3) is 15.2 Å². The summed E-state index contributed by atoms with van der Waals surface area (Å²) >= 11 is 2.97. The first-order chi connectivity index (χ1) is 12.0. The Morgan fingerprint density at radius 2 is 2.08 bits per heavy atom. The van der Waals surface area contributed by atoms with Gasteiger partial charge in [-0.05, 0) is 26.0 Å². The number of carbonyl (C=O) groups is 1. The molecule has 4 aromatic rings. The van der Waals surface area contributed by atoms with Gasteiger partial charge in [0.15, 0.2) is 5.16 Å². The largest absolute Gasteiger partial charge is 0.322 e. The van der Waals surface area contributed by atoms with Crippen LogP contribution >= 0.6 is 23.1 Å². The molecule has 0 aliphatic carbocycles. The Labute approximate surface area is 152 Å². The number of fused-ring (bicyclic) bond motifs is 3. The van der Waals surface area contributed by atoms with Crippen LogP contribution in [0.2, 0.25) is 0 Å². The van der Waals surface area contributed by atoms with Crippen molar-refractivity contribution in [1.29, 1.82) is 0 Å². The minimum atomic E-state index is -0.0829. The van der Waals surface area contributed by atoms with Crippen molar-refractivity contribution < 1.29 is 4.79 Å². The van der Waals surface area contributed by atoms with E-state index < -0.39 is 0 Å². The van der Waals surface area contributed by atoms with Gasteiger partial charge in [-0.3, -0.25) is 13.9 Å². The van der Waals surface area contributed by atoms with E-state index in [4.69, 9.17) is 0 Å². The van der Waals surface area contributed by atoms with Gasteiger partial charge < -0.3 is 5.32 Å². The molecular formula is C16H16N6OS2. The van der Waals surface area contributed by atoms with Crippen molar-refractivity contribution in [2.24, 2.45) is 7.05 Å². The maximum atomic E-state index is 12.3. The summed E-state index contributed by atoms with van der Waals surface area (Å²) in [5.41, 5.74) is 3.59. The van der Waals surface area contributed by atoms with Gasteiger partial charge in [-0.1, -0.05) is 35.2 Å². The van der Waals surface area contributed by atoms with Crippen molar-refractivity contribution in [2.45, 2.75) is 19.0 Å². The van der Waals surface area contributed by atoms with Gasteiger partial charge in [-0.2, -0.15) is 5.10 Å². The molecule has 7 nitrogen and oxygen atoms in total. The standard InChI is InChI=1S/C16H16N6OS2/c1-9-14(10(2)21(3)20-9)17-13(23)8-24-15-18-19-16-22(15)11-6-4-5-7-12(11)25-16/h4-7H,8H2,1-3H3,(H,17,23). The van der Waals surface area contributed by atoms with Gasteiger partial charge in [0.1, 0.15) is 0 Å². The molecule has 0 atom stereocenters. The van der Waals surface area contributed by atoms with Crippen LogP contribution in [0, 0.1) is 13.8 Å². The molecule has 9 heteroatoms. The van der Waals surface area contributed by atoms with E-state index in [0.717, 1.165) is 37.4 Å². The van der Waals surface area contributed by atoms with Crippen LogP contribution in [0.5, 0.6) is 0 Å². The van der Waals surface area contributed by atoms with Gasteiger partial charge in [0.25, 0.3) is 0 Å². The van der Waals surface area contributed by atoms with Crippen LogP contribution in [0.1, 0.15) is 11.4 Å². The van der Waals surface area contributed by atoms with E-state index in [2.05, 4.69) is 26.7 Å². The van der Waals surface area contributed by atoms with E-state index in [1.807, 2.05) is 43.5 Å². The van der Waals surface area contributed by atoms with Crippen molar-refractivity contribution in [2.75, 3.05) is 11.1 Å². The lowest BCUT2D eigenvalue weighted by molar-refractivity contribution is -0.113. The molecule has 3 heterocycles. The first kappa shape index (κ1) is 16.1. The van der Waals surface area contributed by atoms with Gasteiger partial charge >= 0.3 is 0 Å². The van der Waals surface area contributed by atoms with Crippen LogP contribution in [-0.4, -0.2) is 36.0 Å². The number of amides is 1. The number of nitrogens with zero attached hydrogens (tertiary/aromatic N) is 5. The van der Waals surface area contributed by atoms with Crippen molar-refractivity contribution in [3.63, 3.8) is 0 Å². The summed E-state index contributed by atoms with van der Waals surface area (Å²) in [5, 5.41) is 16.4. The average molecular weight is 372 g/mol. The monoisotopic (exact) mass is 372 g/mol. The number of nitrogens with one attached hydrogen (secondary N) is 1. The van der Waals surface area contributed by atoms with E-state index in [9.17, 15) is 4.79 Å². The molecule has 0 radical (unpaired) electrons. The third-order valence-electron chi connectivity index (χ3n) is 4.02. The van der Waals surface area contributed by atoms with E-state index in [1.165, 1.54) is 11.8 Å². The van der Waals surface area contributed by atoms with Crippen LogP contribution < -0.4 is 5.32 Å². The predicted molar refractivity (Wildman–Crippen MR) is 100 cm³/mol. The summed E-state index contributed by atoms with van der Waals surface area (Å²) in [4.78, 5) is 13.2. The minimum absolute atomic E-state index is 0.0829. The second kappa shape index (κ2) is 6.16. The molecule has 1 aromatic carbocycles. The van der Waals surface area contributed by atoms with E-state index in [-0.39, 0.29) is 11.7 Å². The van der Waals surface area contributed by atoms with Crippen molar-refractivity contribution in [1.82, 2.24) is 24.4 Å². The molecule has 0 spiro atoms. The first-order valence-corrected chi connectivity index (χ1v) is 9.50. The molecule has 1 amide bonds. The second-order valence-electron chi connectivity index (χ2n) is 5.68. The summed E-state index contributed by atoms with van der Waals surface area (Å²) in [6, 6.07) is 8.09. The normalized spacial score (nSPS) is 11.5. The number of thiazole rings is 1. The highest BCUT2D eigenvalue weighted by Crippen LogP contribution is 2.29. The summed E-state index contributed by atoms with van der Waals surface area (Å²) in [5.74, 6) is 0.180. The Hall–Kier alpha value is -2.39. The SMILES string of the molecule is Cc1nn(C)c(C)c1NC(=O)CSc1nnc2sc3ccccc3n12. The highest BCUT2D eigenvalue weighted by molar-refractivity contribution is 7.99. The molecule has 1 N–H and O–H groups in total. The number of hydrogen-bond donors (Lipinski definition) is 1. The molecular weight excluding hydrogens is 356 g/mol. The first-order valence-electron chi connectivity index (χ1n) is 7.70. The van der Waals surface area contributed by atoms with Gasteiger partial charge in [0.2, 0.25) is 10.9 Å². The topological polar surface area (TPSA) is 77.1 Å². The van der Waals surface area contributed by atoms with Crippen LogP contribution in [-0.2, 0) is 11.8 Å². The second-order valence-corrected chi connectivity index (χ2v) is 7.63. The van der Waals surface area contributed by atoms with E-state index in [1.54, 1.807) is 16.0 Å². The quantitative estimate of drug-likeness (QED) is 0.557. The fourth-order valence-electron chi connectivity index (χ4n) is 2.71. The van der Waals surface area contributed by atoms with Gasteiger partial charge in [-0.25, -0.2) is 0 Å². The molecule has 4 rings (SSSR count). The summed E-state index contributed by atoms with van der Waals surface area (Å²) in [6.07, 6.45) is 0. The summed E-state index contributed by atoms with van der Waals surface area (Å²) < 4.78 is 4.91. The highest BCUT2D eigenvalue weighted by Gasteiger charge is 2.16. The molecule has 0 saturated carbocycles. The molecule has 0 bridgehead atoms. The minimum Gasteiger partial charge on any atom is -0.322 e. The lowest BCUT2D eigenvalue weighted by Crippen LogP contribution is -2.15. The number of anilines is 1. The van der Waals surface area contributed by atoms with Crippen molar-refractivity contribution in [3.8, 4) is 0 Å². The van der Waals surface area contributed by atoms with Gasteiger partial charge in [0, 0.05) is 7.05 Å². The Bertz CT molecular complexity index is 1090. The summed E-state index contributed by atoms with van der Waals surface area (Å²) in [6.45, 7) is 3.82. The van der Waals surface area contributed by atoms with Gasteiger partial charge in [-0.15, -0.1) is 10.2 Å². The number of hydrogen-bond acceptors (Lipinski definition) is 6. The van der Waals surface area contributed by atoms with Crippen molar-refractivity contribution >= 4 is 49.9 Å². The molecule has 0 aliphatic heterocycles. The fraction of sp³-hybridized carbons (Fsp3) is 0.250. The predicted octanol–water partition coefficient (Wildman–Crippen LogP) is 3.03. The fourth-order valence-corrected chi connectivity index (χ4v) is 4.48. The number of aryl methyl sites for hydroxylation is 2. The molecule has 25 heavy (non-hydrogen) atoms. The summed E-state index contributed by atoms with van der Waals surface area (Å²) in [7, 11) is 1.86. The highest BCUT2D eigenvalue weighted by atomic mass is 32.2. The number of aromatic nitrogens is 5. The maximum absolute atomic E-state index is 12.3. The molecule has 0 unspecified atom stereocenters. The van der Waals surface area contributed by atoms with Crippen LogP contribution in [0.4, 0.5) is 5.69 Å².